The number of hydrogen-bond acceptors (Lipinski definition) is 8. The second-order valence-electron chi connectivity index (χ2n) is 11.0. The maximum Gasteiger partial charge on any atom is 0.229 e. The van der Waals surface area contributed by atoms with Gasteiger partial charge in [-0.05, 0) is 54.4 Å². The summed E-state index contributed by atoms with van der Waals surface area (Å²) < 4.78 is 26.9. The summed E-state index contributed by atoms with van der Waals surface area (Å²) in [5.41, 5.74) is 5.73. The van der Waals surface area contributed by atoms with Crippen LogP contribution < -0.4 is 19.7 Å². The molecule has 3 heterocycles. The van der Waals surface area contributed by atoms with Crippen molar-refractivity contribution in [2.45, 2.75) is 25.9 Å². The summed E-state index contributed by atoms with van der Waals surface area (Å²) in [6.45, 7) is 4.99. The lowest BCUT2D eigenvalue weighted by atomic mass is 9.88. The summed E-state index contributed by atoms with van der Waals surface area (Å²) >= 11 is 6.05. The van der Waals surface area contributed by atoms with Crippen molar-refractivity contribution >= 4 is 29.1 Å². The van der Waals surface area contributed by atoms with Crippen LogP contribution in [0.25, 0.3) is 5.69 Å². The van der Waals surface area contributed by atoms with E-state index < -0.39 is 0 Å². The zero-order chi connectivity index (χ0) is 31.5. The van der Waals surface area contributed by atoms with Crippen molar-refractivity contribution in [1.29, 1.82) is 0 Å². The summed E-state index contributed by atoms with van der Waals surface area (Å²) in [4.78, 5) is 18.8. The van der Waals surface area contributed by atoms with Gasteiger partial charge in [-0.1, -0.05) is 35.9 Å². The van der Waals surface area contributed by atoms with Gasteiger partial charge in [-0.3, -0.25) is 4.90 Å². The number of ether oxygens (including phenoxy) is 2. The van der Waals surface area contributed by atoms with Crippen LogP contribution in [0.3, 0.4) is 0 Å². The highest BCUT2D eigenvalue weighted by atomic mass is 35.5. The molecule has 5 aromatic rings. The van der Waals surface area contributed by atoms with Gasteiger partial charge < -0.3 is 24.3 Å². The SMILES string of the molecule is CCN(C)c1nc(Nc2ccc(-n3cnc(Cl)c3)c(OC)c2)nc2c1CN(Cc1ccc(OC)cc1)CC2c1ccc(F)cc1. The summed E-state index contributed by atoms with van der Waals surface area (Å²) in [5.74, 6) is 2.43. The number of imidazole rings is 1. The van der Waals surface area contributed by atoms with E-state index in [4.69, 9.17) is 31.0 Å². The predicted molar refractivity (Wildman–Crippen MR) is 175 cm³/mol. The van der Waals surface area contributed by atoms with Crippen LogP contribution in [0.5, 0.6) is 11.5 Å². The van der Waals surface area contributed by atoms with Gasteiger partial charge in [0.05, 0.1) is 25.6 Å². The number of methoxy groups -OCH3 is 2. The van der Waals surface area contributed by atoms with E-state index in [1.807, 2.05) is 49.5 Å². The molecule has 9 nitrogen and oxygen atoms in total. The second kappa shape index (κ2) is 13.1. The van der Waals surface area contributed by atoms with Gasteiger partial charge in [0.2, 0.25) is 5.95 Å². The minimum Gasteiger partial charge on any atom is -0.497 e. The number of halogens is 2. The van der Waals surface area contributed by atoms with E-state index in [0.717, 1.165) is 52.9 Å². The Morgan fingerprint density at radius 3 is 2.47 bits per heavy atom. The highest BCUT2D eigenvalue weighted by Gasteiger charge is 2.32. The lowest BCUT2D eigenvalue weighted by Gasteiger charge is -2.36. The van der Waals surface area contributed by atoms with Crippen molar-refractivity contribution < 1.29 is 13.9 Å². The third kappa shape index (κ3) is 6.57. The molecule has 11 heteroatoms. The molecule has 0 fully saturated rings. The topological polar surface area (TPSA) is 80.6 Å². The molecule has 45 heavy (non-hydrogen) atoms. The molecule has 0 spiro atoms. The van der Waals surface area contributed by atoms with Crippen LogP contribution in [0.1, 0.15) is 35.2 Å². The predicted octanol–water partition coefficient (Wildman–Crippen LogP) is 6.82. The first-order valence-electron chi connectivity index (χ1n) is 14.7. The number of nitrogens with one attached hydrogen (secondary N) is 1. The molecule has 1 N–H and O–H groups in total. The third-order valence-corrected chi connectivity index (χ3v) is 8.30. The molecule has 2 aromatic heterocycles. The molecule has 1 aliphatic rings. The molecule has 1 unspecified atom stereocenters. The number of fused-ring (bicyclic) bond motifs is 1. The van der Waals surface area contributed by atoms with E-state index in [1.165, 1.54) is 17.7 Å². The van der Waals surface area contributed by atoms with Gasteiger partial charge in [0.15, 0.2) is 0 Å². The molecule has 0 amide bonds. The zero-order valence-electron chi connectivity index (χ0n) is 25.7. The van der Waals surface area contributed by atoms with E-state index >= 15 is 0 Å². The first kappa shape index (κ1) is 30.4. The Bertz CT molecular complexity index is 1780. The summed E-state index contributed by atoms with van der Waals surface area (Å²) in [6, 6.07) is 20.6. The second-order valence-corrected chi connectivity index (χ2v) is 11.4. The van der Waals surface area contributed by atoms with Gasteiger partial charge in [0.25, 0.3) is 0 Å². The van der Waals surface area contributed by atoms with Crippen LogP contribution in [0.4, 0.5) is 21.8 Å². The molecule has 1 aliphatic heterocycles. The molecular weight excluding hydrogens is 593 g/mol. The zero-order valence-corrected chi connectivity index (χ0v) is 26.4. The molecule has 0 saturated heterocycles. The Labute approximate surface area is 267 Å². The van der Waals surface area contributed by atoms with Crippen molar-refractivity contribution in [3.05, 3.63) is 113 Å². The molecule has 232 valence electrons. The smallest absolute Gasteiger partial charge is 0.229 e. The van der Waals surface area contributed by atoms with Crippen molar-refractivity contribution in [2.75, 3.05) is 44.6 Å². The minimum atomic E-state index is -0.267. The van der Waals surface area contributed by atoms with Crippen molar-refractivity contribution in [3.63, 3.8) is 0 Å². The van der Waals surface area contributed by atoms with E-state index in [1.54, 1.807) is 31.3 Å². The number of anilines is 3. The van der Waals surface area contributed by atoms with Gasteiger partial charge in [0.1, 0.15) is 34.6 Å². The summed E-state index contributed by atoms with van der Waals surface area (Å²) in [6.07, 6.45) is 3.36. The molecular formula is C34H35ClFN7O2. The minimum absolute atomic E-state index is 0.0944. The molecule has 3 aromatic carbocycles. The number of rotatable bonds is 10. The highest BCUT2D eigenvalue weighted by Crippen LogP contribution is 2.38. The van der Waals surface area contributed by atoms with Crippen LogP contribution >= 0.6 is 11.6 Å². The molecule has 0 aliphatic carbocycles. The van der Waals surface area contributed by atoms with E-state index in [0.29, 0.717) is 29.9 Å². The van der Waals surface area contributed by atoms with Gasteiger partial charge in [0, 0.05) is 62.7 Å². The number of aromatic nitrogens is 4. The Morgan fingerprint density at radius 1 is 1.02 bits per heavy atom. The highest BCUT2D eigenvalue weighted by molar-refractivity contribution is 6.29. The fraction of sp³-hybridized carbons (Fsp3) is 0.265. The molecule has 0 radical (unpaired) electrons. The van der Waals surface area contributed by atoms with E-state index in [-0.39, 0.29) is 11.7 Å². The van der Waals surface area contributed by atoms with E-state index in [2.05, 4.69) is 39.2 Å². The van der Waals surface area contributed by atoms with Crippen LogP contribution in [0.15, 0.2) is 79.3 Å². The summed E-state index contributed by atoms with van der Waals surface area (Å²) in [5, 5.41) is 3.81. The van der Waals surface area contributed by atoms with E-state index in [9.17, 15) is 4.39 Å². The Morgan fingerprint density at radius 2 is 1.80 bits per heavy atom. The first-order valence-corrected chi connectivity index (χ1v) is 15.1. The van der Waals surface area contributed by atoms with Gasteiger partial charge in [-0.2, -0.15) is 4.98 Å². The van der Waals surface area contributed by atoms with Crippen LogP contribution in [0.2, 0.25) is 5.15 Å². The Kier molecular flexibility index (Phi) is 8.86. The fourth-order valence-corrected chi connectivity index (χ4v) is 5.83. The molecule has 0 bridgehead atoms. The molecule has 0 saturated carbocycles. The standard InChI is InChI=1S/C34H35ClFN7O2/c1-5-41(2)33-28-19-42(17-22-6-13-26(44-3)14-7-22)18-27(23-8-10-24(36)11-9-23)32(28)39-34(40-33)38-25-12-15-29(30(16-25)45-4)43-20-31(35)37-21-43/h6-16,20-21,27H,5,17-19H2,1-4H3,(H,38,39,40). The number of hydrogen-bond donors (Lipinski definition) is 1. The van der Waals surface area contributed by atoms with Crippen LogP contribution in [0, 0.1) is 5.82 Å². The average Bonchev–Trinajstić information content (AvgIpc) is 3.50. The molecule has 6 rings (SSSR count). The fourth-order valence-electron chi connectivity index (χ4n) is 5.68. The molecule has 1 atom stereocenters. The van der Waals surface area contributed by atoms with Crippen LogP contribution in [-0.4, -0.2) is 58.8 Å². The van der Waals surface area contributed by atoms with Gasteiger partial charge >= 0.3 is 0 Å². The van der Waals surface area contributed by atoms with Gasteiger partial charge in [-0.15, -0.1) is 0 Å². The summed E-state index contributed by atoms with van der Waals surface area (Å²) in [7, 11) is 5.33. The largest absolute Gasteiger partial charge is 0.497 e. The normalized spacial score (nSPS) is 14.6. The monoisotopic (exact) mass is 627 g/mol. The van der Waals surface area contributed by atoms with Gasteiger partial charge in [-0.25, -0.2) is 14.4 Å². The van der Waals surface area contributed by atoms with Crippen molar-refractivity contribution in [1.82, 2.24) is 24.4 Å². The van der Waals surface area contributed by atoms with Crippen LogP contribution in [-0.2, 0) is 13.1 Å². The number of benzene rings is 3. The maximum absolute atomic E-state index is 14.0. The third-order valence-electron chi connectivity index (χ3n) is 8.11. The quantitative estimate of drug-likeness (QED) is 0.181. The maximum atomic E-state index is 14.0. The first-order chi connectivity index (χ1) is 21.8. The lowest BCUT2D eigenvalue weighted by Crippen LogP contribution is -2.36. The average molecular weight is 628 g/mol. The Balaban J connectivity index is 1.39. The van der Waals surface area contributed by atoms with Crippen molar-refractivity contribution in [3.8, 4) is 17.2 Å². The van der Waals surface area contributed by atoms with Crippen molar-refractivity contribution in [2.24, 2.45) is 0 Å². The lowest BCUT2D eigenvalue weighted by molar-refractivity contribution is 0.229. The number of nitrogens with zero attached hydrogens (tertiary/aromatic N) is 6. The Hall–Kier alpha value is -4.67.